The molecular weight excluding hydrogens is 255 g/mol. The van der Waals surface area contributed by atoms with Crippen LogP contribution in [0.25, 0.3) is 0 Å². The average Bonchev–Trinajstić information content (AvgIpc) is 2.41. The van der Waals surface area contributed by atoms with E-state index in [1.54, 1.807) is 13.2 Å². The molecule has 0 saturated carbocycles. The summed E-state index contributed by atoms with van der Waals surface area (Å²) in [6.45, 7) is 5.87. The van der Waals surface area contributed by atoms with E-state index in [-0.39, 0.29) is 18.0 Å². The van der Waals surface area contributed by atoms with Gasteiger partial charge in [0.1, 0.15) is 5.82 Å². The number of nitrogens with two attached hydrogens (primary N) is 1. The summed E-state index contributed by atoms with van der Waals surface area (Å²) in [5.41, 5.74) is 7.55. The highest BCUT2D eigenvalue weighted by atomic mass is 19.1. The Balaban J connectivity index is 2.26. The van der Waals surface area contributed by atoms with Crippen molar-refractivity contribution in [3.8, 4) is 0 Å². The smallest absolute Gasteiger partial charge is 0.128 e. The first-order valence-corrected chi connectivity index (χ1v) is 7.33. The maximum Gasteiger partial charge on any atom is 0.128 e. The van der Waals surface area contributed by atoms with E-state index >= 15 is 0 Å². The second-order valence-electron chi connectivity index (χ2n) is 5.91. The standard InChI is InChI=1S/C16H25FN2O/c1-11-7-8-19(10-16(11)20-3)15-6-4-5-14(17)13(15)9-12(2)18/h4-6,11-12,16H,7-10,18H2,1-3H3. The van der Waals surface area contributed by atoms with Crippen molar-refractivity contribution in [2.24, 2.45) is 11.7 Å². The van der Waals surface area contributed by atoms with Gasteiger partial charge < -0.3 is 15.4 Å². The van der Waals surface area contributed by atoms with E-state index in [9.17, 15) is 4.39 Å². The minimum atomic E-state index is -0.160. The number of methoxy groups -OCH3 is 1. The average molecular weight is 280 g/mol. The normalized spacial score (nSPS) is 24.8. The third-order valence-electron chi connectivity index (χ3n) is 4.15. The SMILES string of the molecule is COC1CN(c2cccc(F)c2CC(C)N)CCC1C. The molecule has 1 aliphatic rings. The zero-order valence-electron chi connectivity index (χ0n) is 12.6. The third-order valence-corrected chi connectivity index (χ3v) is 4.15. The third kappa shape index (κ3) is 3.30. The molecule has 1 fully saturated rings. The Morgan fingerprint density at radius 1 is 1.50 bits per heavy atom. The number of nitrogens with zero attached hydrogens (tertiary/aromatic N) is 1. The van der Waals surface area contributed by atoms with E-state index in [1.807, 2.05) is 13.0 Å². The lowest BCUT2D eigenvalue weighted by Crippen LogP contribution is -2.44. The Hall–Kier alpha value is -1.13. The zero-order valence-corrected chi connectivity index (χ0v) is 12.6. The molecule has 1 heterocycles. The fraction of sp³-hybridized carbons (Fsp3) is 0.625. The lowest BCUT2D eigenvalue weighted by atomic mass is 9.94. The van der Waals surface area contributed by atoms with Crippen LogP contribution in [-0.4, -0.2) is 32.3 Å². The Kier molecular flexibility index (Phi) is 5.00. The van der Waals surface area contributed by atoms with Crippen LogP contribution < -0.4 is 10.6 Å². The van der Waals surface area contributed by atoms with Crippen molar-refractivity contribution in [2.45, 2.75) is 38.8 Å². The molecule has 3 nitrogen and oxygen atoms in total. The van der Waals surface area contributed by atoms with E-state index in [0.717, 1.165) is 30.8 Å². The maximum atomic E-state index is 14.1. The van der Waals surface area contributed by atoms with Gasteiger partial charge in [0, 0.05) is 37.5 Å². The van der Waals surface area contributed by atoms with Crippen molar-refractivity contribution in [3.05, 3.63) is 29.6 Å². The molecule has 0 bridgehead atoms. The lowest BCUT2D eigenvalue weighted by molar-refractivity contribution is 0.0498. The van der Waals surface area contributed by atoms with Crippen molar-refractivity contribution >= 4 is 5.69 Å². The number of hydrogen-bond acceptors (Lipinski definition) is 3. The van der Waals surface area contributed by atoms with E-state index in [2.05, 4.69) is 11.8 Å². The van der Waals surface area contributed by atoms with Gasteiger partial charge in [-0.05, 0) is 37.8 Å². The molecule has 1 aromatic carbocycles. The molecule has 2 rings (SSSR count). The molecule has 3 unspecified atom stereocenters. The summed E-state index contributed by atoms with van der Waals surface area (Å²) in [4.78, 5) is 2.23. The van der Waals surface area contributed by atoms with Crippen LogP contribution in [0.3, 0.4) is 0 Å². The van der Waals surface area contributed by atoms with Gasteiger partial charge in [-0.25, -0.2) is 4.39 Å². The minimum absolute atomic E-state index is 0.0485. The first kappa shape index (κ1) is 15.3. The van der Waals surface area contributed by atoms with Crippen LogP contribution in [-0.2, 0) is 11.2 Å². The van der Waals surface area contributed by atoms with Gasteiger partial charge in [-0.15, -0.1) is 0 Å². The molecule has 0 aliphatic carbocycles. The fourth-order valence-electron chi connectivity index (χ4n) is 2.93. The highest BCUT2D eigenvalue weighted by molar-refractivity contribution is 5.55. The van der Waals surface area contributed by atoms with Gasteiger partial charge in [0.2, 0.25) is 0 Å². The Bertz CT molecular complexity index is 450. The van der Waals surface area contributed by atoms with Crippen molar-refractivity contribution in [1.29, 1.82) is 0 Å². The molecule has 112 valence electrons. The minimum Gasteiger partial charge on any atom is -0.379 e. The van der Waals surface area contributed by atoms with Gasteiger partial charge in [-0.3, -0.25) is 0 Å². The van der Waals surface area contributed by atoms with Crippen molar-refractivity contribution < 1.29 is 9.13 Å². The van der Waals surface area contributed by atoms with Gasteiger partial charge >= 0.3 is 0 Å². The van der Waals surface area contributed by atoms with Crippen LogP contribution in [0.4, 0.5) is 10.1 Å². The molecule has 0 aromatic heterocycles. The summed E-state index contributed by atoms with van der Waals surface area (Å²) >= 11 is 0. The number of benzene rings is 1. The van der Waals surface area contributed by atoms with E-state index in [0.29, 0.717) is 12.3 Å². The summed E-state index contributed by atoms with van der Waals surface area (Å²) < 4.78 is 19.7. The van der Waals surface area contributed by atoms with Crippen LogP contribution in [0.5, 0.6) is 0 Å². The highest BCUT2D eigenvalue weighted by Gasteiger charge is 2.27. The Morgan fingerprint density at radius 2 is 2.25 bits per heavy atom. The molecule has 0 radical (unpaired) electrons. The van der Waals surface area contributed by atoms with E-state index < -0.39 is 0 Å². The van der Waals surface area contributed by atoms with Gasteiger partial charge in [0.25, 0.3) is 0 Å². The van der Waals surface area contributed by atoms with Crippen molar-refractivity contribution in [1.82, 2.24) is 0 Å². The predicted octanol–water partition coefficient (Wildman–Crippen LogP) is 2.58. The van der Waals surface area contributed by atoms with Gasteiger partial charge in [-0.1, -0.05) is 13.0 Å². The highest BCUT2D eigenvalue weighted by Crippen LogP contribution is 2.29. The van der Waals surface area contributed by atoms with Crippen molar-refractivity contribution in [3.63, 3.8) is 0 Å². The number of halogens is 1. The molecule has 1 saturated heterocycles. The number of hydrogen-bond donors (Lipinski definition) is 1. The topological polar surface area (TPSA) is 38.5 Å². The summed E-state index contributed by atoms with van der Waals surface area (Å²) in [7, 11) is 1.75. The zero-order chi connectivity index (χ0) is 14.7. The largest absolute Gasteiger partial charge is 0.379 e. The maximum absolute atomic E-state index is 14.1. The second-order valence-corrected chi connectivity index (χ2v) is 5.91. The van der Waals surface area contributed by atoms with Gasteiger partial charge in [0.05, 0.1) is 6.10 Å². The molecule has 1 aliphatic heterocycles. The molecule has 2 N–H and O–H groups in total. The summed E-state index contributed by atoms with van der Waals surface area (Å²) in [5.74, 6) is 0.383. The van der Waals surface area contributed by atoms with Crippen LogP contribution in [0.15, 0.2) is 18.2 Å². The molecule has 3 atom stereocenters. The fourth-order valence-corrected chi connectivity index (χ4v) is 2.93. The summed E-state index contributed by atoms with van der Waals surface area (Å²) in [6, 6.07) is 5.23. The van der Waals surface area contributed by atoms with Gasteiger partial charge in [-0.2, -0.15) is 0 Å². The number of anilines is 1. The predicted molar refractivity (Wildman–Crippen MR) is 80.5 cm³/mol. The molecule has 0 amide bonds. The number of piperidine rings is 1. The molecular formula is C16H25FN2O. The van der Waals surface area contributed by atoms with E-state index in [1.165, 1.54) is 6.07 Å². The first-order chi connectivity index (χ1) is 9.52. The van der Waals surface area contributed by atoms with Crippen LogP contribution in [0.1, 0.15) is 25.8 Å². The number of ether oxygens (including phenoxy) is 1. The molecule has 0 spiro atoms. The summed E-state index contributed by atoms with van der Waals surface area (Å²) in [6.07, 6.45) is 1.83. The summed E-state index contributed by atoms with van der Waals surface area (Å²) in [5, 5.41) is 0. The van der Waals surface area contributed by atoms with E-state index in [4.69, 9.17) is 10.5 Å². The Labute approximate surface area is 120 Å². The Morgan fingerprint density at radius 3 is 2.90 bits per heavy atom. The molecule has 4 heteroatoms. The van der Waals surface area contributed by atoms with Gasteiger partial charge in [0.15, 0.2) is 0 Å². The van der Waals surface area contributed by atoms with Crippen molar-refractivity contribution in [2.75, 3.05) is 25.1 Å². The van der Waals surface area contributed by atoms with Crippen LogP contribution >= 0.6 is 0 Å². The molecule has 1 aromatic rings. The quantitative estimate of drug-likeness (QED) is 0.921. The van der Waals surface area contributed by atoms with Crippen LogP contribution in [0, 0.1) is 11.7 Å². The van der Waals surface area contributed by atoms with Crippen LogP contribution in [0.2, 0.25) is 0 Å². The number of rotatable bonds is 4. The lowest BCUT2D eigenvalue weighted by Gasteiger charge is -2.38. The second kappa shape index (κ2) is 6.55. The first-order valence-electron chi connectivity index (χ1n) is 7.33. The monoisotopic (exact) mass is 280 g/mol. The molecule has 20 heavy (non-hydrogen) atoms.